The summed E-state index contributed by atoms with van der Waals surface area (Å²) in [5.74, 6) is 0.567. The van der Waals surface area contributed by atoms with Gasteiger partial charge in [-0.2, -0.15) is 0 Å². The molecule has 0 radical (unpaired) electrons. The zero-order valence-electron chi connectivity index (χ0n) is 11.0. The van der Waals surface area contributed by atoms with E-state index in [1.54, 1.807) is 23.7 Å². The highest BCUT2D eigenvalue weighted by atomic mass is 16.3. The van der Waals surface area contributed by atoms with Gasteiger partial charge in [0.25, 0.3) is 5.56 Å². The van der Waals surface area contributed by atoms with Crippen molar-refractivity contribution in [3.8, 4) is 5.75 Å². The second-order valence-corrected chi connectivity index (χ2v) is 5.13. The SMILES string of the molecule is Cn1c(=O)ccc2c(C3C=CCCC3)c(O)ccc21. The van der Waals surface area contributed by atoms with E-state index in [1.165, 1.54) is 0 Å². The summed E-state index contributed by atoms with van der Waals surface area (Å²) < 4.78 is 1.63. The fraction of sp³-hybridized carbons (Fsp3) is 0.312. The van der Waals surface area contributed by atoms with Gasteiger partial charge in [-0.05, 0) is 37.5 Å². The minimum atomic E-state index is -0.0247. The van der Waals surface area contributed by atoms with E-state index in [4.69, 9.17) is 0 Å². The van der Waals surface area contributed by atoms with E-state index >= 15 is 0 Å². The summed E-state index contributed by atoms with van der Waals surface area (Å²) in [7, 11) is 1.77. The molecule has 1 heterocycles. The van der Waals surface area contributed by atoms with Gasteiger partial charge >= 0.3 is 0 Å². The zero-order chi connectivity index (χ0) is 13.4. The maximum Gasteiger partial charge on any atom is 0.250 e. The average Bonchev–Trinajstić information content (AvgIpc) is 2.44. The van der Waals surface area contributed by atoms with Crippen molar-refractivity contribution in [2.45, 2.75) is 25.2 Å². The Bertz CT molecular complexity index is 712. The van der Waals surface area contributed by atoms with Crippen LogP contribution in [0.2, 0.25) is 0 Å². The minimum Gasteiger partial charge on any atom is -0.508 e. The van der Waals surface area contributed by atoms with E-state index in [2.05, 4.69) is 12.2 Å². The van der Waals surface area contributed by atoms with Crippen LogP contribution in [0.15, 0.2) is 41.2 Å². The quantitative estimate of drug-likeness (QED) is 0.796. The third-order valence-corrected chi connectivity index (χ3v) is 3.95. The molecule has 0 aliphatic heterocycles. The maximum absolute atomic E-state index is 11.7. The molecule has 1 atom stereocenters. The van der Waals surface area contributed by atoms with Crippen molar-refractivity contribution in [3.05, 3.63) is 52.3 Å². The topological polar surface area (TPSA) is 42.2 Å². The highest BCUT2D eigenvalue weighted by Crippen LogP contribution is 2.37. The summed E-state index contributed by atoms with van der Waals surface area (Å²) in [6.07, 6.45) is 7.65. The highest BCUT2D eigenvalue weighted by molar-refractivity contribution is 5.85. The summed E-state index contributed by atoms with van der Waals surface area (Å²) in [5, 5.41) is 11.2. The van der Waals surface area contributed by atoms with Gasteiger partial charge in [0.15, 0.2) is 0 Å². The number of phenols is 1. The molecule has 1 N–H and O–H groups in total. The van der Waals surface area contributed by atoms with Gasteiger partial charge in [-0.1, -0.05) is 12.2 Å². The van der Waals surface area contributed by atoms with Crippen LogP contribution < -0.4 is 5.56 Å². The number of nitrogens with zero attached hydrogens (tertiary/aromatic N) is 1. The van der Waals surface area contributed by atoms with Crippen LogP contribution in [0.1, 0.15) is 30.7 Å². The summed E-state index contributed by atoms with van der Waals surface area (Å²) in [6.45, 7) is 0. The molecule has 98 valence electrons. The summed E-state index contributed by atoms with van der Waals surface area (Å²) in [5.41, 5.74) is 1.80. The number of benzene rings is 1. The Labute approximate surface area is 111 Å². The molecule has 0 spiro atoms. The van der Waals surface area contributed by atoms with Gasteiger partial charge < -0.3 is 9.67 Å². The number of hydrogen-bond donors (Lipinski definition) is 1. The van der Waals surface area contributed by atoms with Crippen LogP contribution in [0.4, 0.5) is 0 Å². The summed E-state index contributed by atoms with van der Waals surface area (Å²) in [4.78, 5) is 11.7. The van der Waals surface area contributed by atoms with Gasteiger partial charge in [-0.3, -0.25) is 4.79 Å². The summed E-state index contributed by atoms with van der Waals surface area (Å²) >= 11 is 0. The lowest BCUT2D eigenvalue weighted by atomic mass is 9.86. The molecule has 0 saturated carbocycles. The van der Waals surface area contributed by atoms with Crippen LogP contribution in [0.5, 0.6) is 5.75 Å². The van der Waals surface area contributed by atoms with Crippen LogP contribution >= 0.6 is 0 Å². The third-order valence-electron chi connectivity index (χ3n) is 3.95. The van der Waals surface area contributed by atoms with Crippen molar-refractivity contribution in [2.24, 2.45) is 7.05 Å². The molecule has 0 amide bonds. The van der Waals surface area contributed by atoms with E-state index in [0.29, 0.717) is 5.75 Å². The molecule has 1 aromatic heterocycles. The molecule has 19 heavy (non-hydrogen) atoms. The molecule has 1 aliphatic rings. The molecular weight excluding hydrogens is 238 g/mol. The number of pyridine rings is 1. The molecule has 3 nitrogen and oxygen atoms in total. The van der Waals surface area contributed by atoms with Crippen molar-refractivity contribution in [1.82, 2.24) is 4.57 Å². The normalized spacial score (nSPS) is 18.9. The van der Waals surface area contributed by atoms with Gasteiger partial charge in [-0.15, -0.1) is 0 Å². The first-order valence-corrected chi connectivity index (χ1v) is 6.67. The van der Waals surface area contributed by atoms with Crippen molar-refractivity contribution in [3.63, 3.8) is 0 Å². The molecule has 1 aromatic carbocycles. The second-order valence-electron chi connectivity index (χ2n) is 5.13. The first-order chi connectivity index (χ1) is 9.18. The lowest BCUT2D eigenvalue weighted by Crippen LogP contribution is -2.15. The van der Waals surface area contributed by atoms with Gasteiger partial charge in [0.2, 0.25) is 0 Å². The third kappa shape index (κ3) is 1.95. The van der Waals surface area contributed by atoms with E-state index in [1.807, 2.05) is 12.1 Å². The second kappa shape index (κ2) is 4.57. The lowest BCUT2D eigenvalue weighted by molar-refractivity contribution is 0.463. The van der Waals surface area contributed by atoms with E-state index in [0.717, 1.165) is 35.7 Å². The van der Waals surface area contributed by atoms with Crippen molar-refractivity contribution in [1.29, 1.82) is 0 Å². The molecule has 0 bridgehead atoms. The number of hydrogen-bond acceptors (Lipinski definition) is 2. The molecule has 1 unspecified atom stereocenters. The Kier molecular flexibility index (Phi) is 2.90. The number of aromatic hydroxyl groups is 1. The fourth-order valence-electron chi connectivity index (χ4n) is 2.91. The Morgan fingerprint density at radius 1 is 1.26 bits per heavy atom. The maximum atomic E-state index is 11.7. The molecular formula is C16H17NO2. The lowest BCUT2D eigenvalue weighted by Gasteiger charge is -2.20. The van der Waals surface area contributed by atoms with Crippen LogP contribution in [-0.4, -0.2) is 9.67 Å². The predicted octanol–water partition coefficient (Wildman–Crippen LogP) is 3.07. The van der Waals surface area contributed by atoms with Crippen LogP contribution in [0.25, 0.3) is 10.9 Å². The average molecular weight is 255 g/mol. The number of aryl methyl sites for hydroxylation is 1. The van der Waals surface area contributed by atoms with Gasteiger partial charge in [0, 0.05) is 30.0 Å². The van der Waals surface area contributed by atoms with Gasteiger partial charge in [0.1, 0.15) is 5.75 Å². The zero-order valence-corrected chi connectivity index (χ0v) is 11.0. The predicted molar refractivity (Wildman–Crippen MR) is 76.6 cm³/mol. The summed E-state index contributed by atoms with van der Waals surface area (Å²) in [6, 6.07) is 6.90. The van der Waals surface area contributed by atoms with E-state index in [-0.39, 0.29) is 11.5 Å². The Morgan fingerprint density at radius 3 is 2.84 bits per heavy atom. The van der Waals surface area contributed by atoms with Crippen molar-refractivity contribution < 1.29 is 5.11 Å². The Morgan fingerprint density at radius 2 is 2.11 bits per heavy atom. The van der Waals surface area contributed by atoms with Crippen molar-refractivity contribution in [2.75, 3.05) is 0 Å². The Hall–Kier alpha value is -2.03. The highest BCUT2D eigenvalue weighted by Gasteiger charge is 2.18. The van der Waals surface area contributed by atoms with Crippen LogP contribution in [-0.2, 0) is 7.05 Å². The molecule has 1 aliphatic carbocycles. The number of aromatic nitrogens is 1. The molecule has 0 saturated heterocycles. The fourth-order valence-corrected chi connectivity index (χ4v) is 2.91. The minimum absolute atomic E-state index is 0.0247. The molecule has 2 aromatic rings. The standard InChI is InChI=1S/C16H17NO2/c1-17-13-8-9-14(18)16(11-5-3-2-4-6-11)12(13)7-10-15(17)19/h3,5,7-11,18H,2,4,6H2,1H3. The molecule has 3 heteroatoms. The number of fused-ring (bicyclic) bond motifs is 1. The number of rotatable bonds is 1. The van der Waals surface area contributed by atoms with Gasteiger partial charge in [0.05, 0.1) is 5.52 Å². The van der Waals surface area contributed by atoms with E-state index < -0.39 is 0 Å². The number of allylic oxidation sites excluding steroid dienone is 2. The van der Waals surface area contributed by atoms with Crippen LogP contribution in [0, 0.1) is 0 Å². The molecule has 3 rings (SSSR count). The monoisotopic (exact) mass is 255 g/mol. The largest absolute Gasteiger partial charge is 0.508 e. The Balaban J connectivity index is 2.31. The van der Waals surface area contributed by atoms with Crippen molar-refractivity contribution >= 4 is 10.9 Å². The smallest absolute Gasteiger partial charge is 0.250 e. The molecule has 0 fully saturated rings. The van der Waals surface area contributed by atoms with E-state index in [9.17, 15) is 9.90 Å². The van der Waals surface area contributed by atoms with Crippen LogP contribution in [0.3, 0.4) is 0 Å². The van der Waals surface area contributed by atoms with Gasteiger partial charge in [-0.25, -0.2) is 0 Å². The number of phenolic OH excluding ortho intramolecular Hbond substituents is 1. The first-order valence-electron chi connectivity index (χ1n) is 6.67. The first kappa shape index (κ1) is 12.0.